The SMILES string of the molecule is O=C(S)NC1CCCCCCC1C(=O)NC1CCCCCCC1. The van der Waals surface area contributed by atoms with Crippen LogP contribution < -0.4 is 10.6 Å². The maximum atomic E-state index is 12.8. The van der Waals surface area contributed by atoms with Gasteiger partial charge in [0.25, 0.3) is 5.24 Å². The lowest BCUT2D eigenvalue weighted by Gasteiger charge is -2.31. The second kappa shape index (κ2) is 10.2. The summed E-state index contributed by atoms with van der Waals surface area (Å²) in [7, 11) is 0. The van der Waals surface area contributed by atoms with Crippen LogP contribution in [0.2, 0.25) is 0 Å². The molecule has 2 N–H and O–H groups in total. The van der Waals surface area contributed by atoms with Gasteiger partial charge in [-0.3, -0.25) is 9.59 Å². The van der Waals surface area contributed by atoms with Crippen molar-refractivity contribution >= 4 is 23.8 Å². The molecule has 132 valence electrons. The summed E-state index contributed by atoms with van der Waals surface area (Å²) in [5, 5.41) is 5.88. The molecule has 2 aliphatic carbocycles. The Bertz CT molecular complexity index is 381. The van der Waals surface area contributed by atoms with E-state index >= 15 is 0 Å². The Morgan fingerprint density at radius 1 is 0.696 bits per heavy atom. The van der Waals surface area contributed by atoms with Gasteiger partial charge in [0.1, 0.15) is 0 Å². The van der Waals surface area contributed by atoms with Crippen LogP contribution in [0, 0.1) is 5.92 Å². The first-order valence-corrected chi connectivity index (χ1v) is 9.91. The average molecular weight is 341 g/mol. The molecular weight excluding hydrogens is 308 g/mol. The Kier molecular flexibility index (Phi) is 8.27. The van der Waals surface area contributed by atoms with Crippen LogP contribution in [0.25, 0.3) is 0 Å². The third kappa shape index (κ3) is 6.74. The molecule has 0 heterocycles. The normalized spacial score (nSPS) is 27.9. The number of rotatable bonds is 3. The van der Waals surface area contributed by atoms with Gasteiger partial charge in [0.15, 0.2) is 0 Å². The highest BCUT2D eigenvalue weighted by Gasteiger charge is 2.30. The lowest BCUT2D eigenvalue weighted by molar-refractivity contribution is -0.127. The molecule has 23 heavy (non-hydrogen) atoms. The van der Waals surface area contributed by atoms with Crippen molar-refractivity contribution in [1.82, 2.24) is 10.6 Å². The summed E-state index contributed by atoms with van der Waals surface area (Å²) in [5.74, 6) is 0.0430. The van der Waals surface area contributed by atoms with Crippen LogP contribution in [0.1, 0.15) is 83.5 Å². The first-order valence-electron chi connectivity index (χ1n) is 9.46. The Labute approximate surface area is 146 Å². The van der Waals surface area contributed by atoms with E-state index in [2.05, 4.69) is 23.3 Å². The van der Waals surface area contributed by atoms with E-state index < -0.39 is 0 Å². The molecule has 0 aliphatic heterocycles. The predicted molar refractivity (Wildman–Crippen MR) is 96.7 cm³/mol. The molecule has 2 aliphatic rings. The molecule has 2 unspecified atom stereocenters. The molecule has 2 rings (SSSR count). The standard InChI is InChI=1S/C18H32N2O2S/c21-17(19-14-10-6-2-1-3-7-11-14)15-12-8-4-5-9-13-16(15)20-18(22)23/h14-16H,1-13H2,(H,19,21)(H2,20,22,23). The zero-order valence-electron chi connectivity index (χ0n) is 14.2. The fourth-order valence-corrected chi connectivity index (χ4v) is 4.20. The van der Waals surface area contributed by atoms with Crippen molar-refractivity contribution in [3.8, 4) is 0 Å². The summed E-state index contributed by atoms with van der Waals surface area (Å²) in [4.78, 5) is 24.2. The number of thiol groups is 1. The Balaban J connectivity index is 1.95. The largest absolute Gasteiger partial charge is 0.353 e. The van der Waals surface area contributed by atoms with Crippen LogP contribution in [-0.4, -0.2) is 23.2 Å². The molecule has 0 bridgehead atoms. The van der Waals surface area contributed by atoms with Crippen LogP contribution in [0.15, 0.2) is 0 Å². The van der Waals surface area contributed by atoms with E-state index in [1.165, 1.54) is 44.9 Å². The van der Waals surface area contributed by atoms with Gasteiger partial charge in [-0.05, 0) is 25.7 Å². The van der Waals surface area contributed by atoms with Gasteiger partial charge in [-0.1, -0.05) is 70.4 Å². The van der Waals surface area contributed by atoms with E-state index in [0.29, 0.717) is 6.04 Å². The van der Waals surface area contributed by atoms with Gasteiger partial charge >= 0.3 is 0 Å². The minimum atomic E-state index is -0.320. The molecule has 0 radical (unpaired) electrons. The highest BCUT2D eigenvalue weighted by molar-refractivity contribution is 7.96. The van der Waals surface area contributed by atoms with E-state index in [9.17, 15) is 9.59 Å². The molecule has 0 aromatic heterocycles. The molecule has 2 saturated carbocycles. The van der Waals surface area contributed by atoms with E-state index in [1.807, 2.05) is 0 Å². The van der Waals surface area contributed by atoms with Crippen LogP contribution in [0.5, 0.6) is 0 Å². The van der Waals surface area contributed by atoms with Crippen molar-refractivity contribution in [2.75, 3.05) is 0 Å². The Hall–Kier alpha value is -0.710. The zero-order valence-corrected chi connectivity index (χ0v) is 15.1. The highest BCUT2D eigenvalue weighted by atomic mass is 32.1. The molecule has 2 atom stereocenters. The molecule has 0 aromatic carbocycles. The van der Waals surface area contributed by atoms with Gasteiger partial charge in [-0.2, -0.15) is 0 Å². The molecule has 0 aromatic rings. The van der Waals surface area contributed by atoms with E-state index in [4.69, 9.17) is 0 Å². The molecule has 4 nitrogen and oxygen atoms in total. The van der Waals surface area contributed by atoms with Crippen molar-refractivity contribution in [1.29, 1.82) is 0 Å². The second-order valence-corrected chi connectivity index (χ2v) is 7.61. The maximum absolute atomic E-state index is 12.8. The van der Waals surface area contributed by atoms with Gasteiger partial charge in [0, 0.05) is 12.1 Å². The number of carbonyl (C=O) groups excluding carboxylic acids is 2. The molecule has 0 spiro atoms. The molecule has 5 heteroatoms. The smallest absolute Gasteiger partial charge is 0.276 e. The van der Waals surface area contributed by atoms with Crippen molar-refractivity contribution in [3.05, 3.63) is 0 Å². The number of amides is 2. The van der Waals surface area contributed by atoms with Crippen molar-refractivity contribution in [2.45, 2.75) is 95.6 Å². The van der Waals surface area contributed by atoms with Gasteiger partial charge < -0.3 is 10.6 Å². The third-order valence-electron chi connectivity index (χ3n) is 5.36. The summed E-state index contributed by atoms with van der Waals surface area (Å²) in [5.41, 5.74) is 0. The summed E-state index contributed by atoms with van der Waals surface area (Å²) in [6, 6.07) is 0.259. The summed E-state index contributed by atoms with van der Waals surface area (Å²) >= 11 is 3.85. The Morgan fingerprint density at radius 2 is 1.22 bits per heavy atom. The molecule has 0 saturated heterocycles. The minimum Gasteiger partial charge on any atom is -0.353 e. The second-order valence-electron chi connectivity index (χ2n) is 7.20. The number of hydrogen-bond donors (Lipinski definition) is 3. The topological polar surface area (TPSA) is 58.2 Å². The summed E-state index contributed by atoms with van der Waals surface area (Å²) < 4.78 is 0. The fourth-order valence-electron chi connectivity index (χ4n) is 4.04. The maximum Gasteiger partial charge on any atom is 0.276 e. The van der Waals surface area contributed by atoms with Crippen molar-refractivity contribution in [2.24, 2.45) is 5.92 Å². The number of nitrogens with one attached hydrogen (secondary N) is 2. The first kappa shape index (κ1) is 18.6. The first-order chi connectivity index (χ1) is 11.2. The minimum absolute atomic E-state index is 0.0612. The quantitative estimate of drug-likeness (QED) is 0.675. The van der Waals surface area contributed by atoms with Gasteiger partial charge in [0.2, 0.25) is 5.91 Å². The van der Waals surface area contributed by atoms with Gasteiger partial charge in [-0.25, -0.2) is 0 Å². The monoisotopic (exact) mass is 340 g/mol. The lowest BCUT2D eigenvalue weighted by atomic mass is 9.85. The third-order valence-corrected chi connectivity index (χ3v) is 5.49. The van der Waals surface area contributed by atoms with Gasteiger partial charge in [0.05, 0.1) is 5.92 Å². The average Bonchev–Trinajstić information content (AvgIpc) is 2.44. The summed E-state index contributed by atoms with van der Waals surface area (Å²) in [6.45, 7) is 0. The van der Waals surface area contributed by atoms with Crippen LogP contribution in [-0.2, 0) is 4.79 Å². The summed E-state index contributed by atoms with van der Waals surface area (Å²) in [6.07, 6.45) is 14.8. The zero-order chi connectivity index (χ0) is 16.5. The molecule has 2 amide bonds. The van der Waals surface area contributed by atoms with Crippen LogP contribution >= 0.6 is 12.6 Å². The van der Waals surface area contributed by atoms with Crippen molar-refractivity contribution < 1.29 is 9.59 Å². The predicted octanol–water partition coefficient (Wildman–Crippen LogP) is 4.19. The fraction of sp³-hybridized carbons (Fsp3) is 0.889. The number of carbonyl (C=O) groups is 2. The van der Waals surface area contributed by atoms with E-state index in [1.54, 1.807) is 0 Å². The van der Waals surface area contributed by atoms with Crippen molar-refractivity contribution in [3.63, 3.8) is 0 Å². The van der Waals surface area contributed by atoms with E-state index in [-0.39, 0.29) is 23.1 Å². The molecular formula is C18H32N2O2S. The molecule has 2 fully saturated rings. The number of hydrogen-bond acceptors (Lipinski definition) is 2. The van der Waals surface area contributed by atoms with Crippen LogP contribution in [0.3, 0.4) is 0 Å². The van der Waals surface area contributed by atoms with Crippen LogP contribution in [0.4, 0.5) is 4.79 Å². The van der Waals surface area contributed by atoms with E-state index in [0.717, 1.165) is 38.5 Å². The highest BCUT2D eigenvalue weighted by Crippen LogP contribution is 2.25. The lowest BCUT2D eigenvalue weighted by Crippen LogP contribution is -2.48. The Morgan fingerprint density at radius 3 is 1.83 bits per heavy atom. The van der Waals surface area contributed by atoms with Gasteiger partial charge in [-0.15, -0.1) is 0 Å².